The van der Waals surface area contributed by atoms with Crippen LogP contribution in [0.4, 0.5) is 5.95 Å². The molecule has 1 fully saturated rings. The molecule has 0 unspecified atom stereocenters. The van der Waals surface area contributed by atoms with E-state index in [1.165, 1.54) is 13.5 Å². The minimum Gasteiger partial charge on any atom is -0.317 e. The van der Waals surface area contributed by atoms with Gasteiger partial charge < -0.3 is 4.98 Å². The molecule has 2 aromatic rings. The van der Waals surface area contributed by atoms with Gasteiger partial charge in [-0.15, -0.1) is 0 Å². The van der Waals surface area contributed by atoms with Gasteiger partial charge in [0.1, 0.15) is 0 Å². The summed E-state index contributed by atoms with van der Waals surface area (Å²) in [6.45, 7) is 0. The van der Waals surface area contributed by atoms with Gasteiger partial charge in [0.25, 0.3) is 5.56 Å². The molecule has 0 atom stereocenters. The Labute approximate surface area is 114 Å². The van der Waals surface area contributed by atoms with Crippen LogP contribution in [0.2, 0.25) is 0 Å². The number of nitrogens with one attached hydrogen (secondary N) is 2. The second kappa shape index (κ2) is 4.78. The van der Waals surface area contributed by atoms with Crippen LogP contribution in [0.15, 0.2) is 9.59 Å². The fourth-order valence-electron chi connectivity index (χ4n) is 2.93. The molecule has 0 saturated heterocycles. The Morgan fingerprint density at radius 2 is 2.00 bits per heavy atom. The minimum atomic E-state index is -0.383. The van der Waals surface area contributed by atoms with E-state index in [1.54, 1.807) is 4.57 Å². The first kappa shape index (κ1) is 12.9. The van der Waals surface area contributed by atoms with Gasteiger partial charge in [0.15, 0.2) is 11.2 Å². The zero-order chi connectivity index (χ0) is 14.3. The largest absolute Gasteiger partial charge is 0.332 e. The van der Waals surface area contributed by atoms with E-state index in [4.69, 9.17) is 5.84 Å². The molecule has 2 aromatic heterocycles. The van der Waals surface area contributed by atoms with Crippen molar-refractivity contribution in [1.29, 1.82) is 0 Å². The van der Waals surface area contributed by atoms with Crippen molar-refractivity contribution >= 4 is 17.1 Å². The molecule has 2 heterocycles. The van der Waals surface area contributed by atoms with E-state index in [2.05, 4.69) is 15.4 Å². The van der Waals surface area contributed by atoms with Crippen molar-refractivity contribution in [2.24, 2.45) is 12.9 Å². The van der Waals surface area contributed by atoms with Gasteiger partial charge in [0.05, 0.1) is 0 Å². The monoisotopic (exact) mass is 278 g/mol. The first-order valence-electron chi connectivity index (χ1n) is 6.81. The highest BCUT2D eigenvalue weighted by Gasteiger charge is 2.23. The lowest BCUT2D eigenvalue weighted by atomic mass is 9.95. The Bertz CT molecular complexity index is 750. The van der Waals surface area contributed by atoms with E-state index in [-0.39, 0.29) is 23.2 Å². The average molecular weight is 278 g/mol. The number of hydrazine groups is 1. The zero-order valence-corrected chi connectivity index (χ0v) is 11.3. The first-order chi connectivity index (χ1) is 9.63. The molecule has 0 spiro atoms. The predicted molar refractivity (Wildman–Crippen MR) is 75.5 cm³/mol. The molecule has 1 aliphatic carbocycles. The van der Waals surface area contributed by atoms with E-state index in [1.807, 2.05) is 0 Å². The van der Waals surface area contributed by atoms with Crippen molar-refractivity contribution in [2.45, 2.75) is 38.1 Å². The van der Waals surface area contributed by atoms with Crippen molar-refractivity contribution in [1.82, 2.24) is 19.1 Å². The number of aromatic nitrogens is 4. The van der Waals surface area contributed by atoms with E-state index in [9.17, 15) is 9.59 Å². The van der Waals surface area contributed by atoms with Crippen LogP contribution in [0.3, 0.4) is 0 Å². The van der Waals surface area contributed by atoms with Gasteiger partial charge in [-0.05, 0) is 12.8 Å². The number of nitrogen functional groups attached to an aromatic ring is 1. The van der Waals surface area contributed by atoms with Crippen molar-refractivity contribution in [3.8, 4) is 0 Å². The molecule has 8 nitrogen and oxygen atoms in total. The maximum Gasteiger partial charge on any atom is 0.332 e. The van der Waals surface area contributed by atoms with E-state index < -0.39 is 0 Å². The third kappa shape index (κ3) is 1.83. The molecule has 108 valence electrons. The number of hydrogen-bond acceptors (Lipinski definition) is 5. The number of fused-ring (bicyclic) bond motifs is 1. The quantitative estimate of drug-likeness (QED) is 0.537. The Hall–Kier alpha value is -2.09. The molecular formula is C12H18N6O2. The van der Waals surface area contributed by atoms with Crippen LogP contribution in [-0.4, -0.2) is 19.1 Å². The lowest BCUT2D eigenvalue weighted by molar-refractivity contribution is 0.345. The summed E-state index contributed by atoms with van der Waals surface area (Å²) in [5.74, 6) is 5.61. The molecule has 0 bridgehead atoms. The van der Waals surface area contributed by atoms with Crippen LogP contribution in [0, 0.1) is 0 Å². The summed E-state index contributed by atoms with van der Waals surface area (Å²) in [6.07, 6.45) is 5.25. The number of aromatic amines is 1. The van der Waals surface area contributed by atoms with Crippen molar-refractivity contribution in [3.63, 3.8) is 0 Å². The molecule has 0 aliphatic heterocycles. The normalized spacial score (nSPS) is 16.7. The summed E-state index contributed by atoms with van der Waals surface area (Å²) in [5, 5.41) is 0. The lowest BCUT2D eigenvalue weighted by Gasteiger charge is -2.24. The van der Waals surface area contributed by atoms with Crippen LogP contribution in [-0.2, 0) is 7.05 Å². The Morgan fingerprint density at radius 1 is 1.30 bits per heavy atom. The SMILES string of the molecule is Cn1c(=O)c2[nH]c(NN)nc2n(C2CCCCC2)c1=O. The fraction of sp³-hybridized carbons (Fsp3) is 0.583. The smallest absolute Gasteiger partial charge is 0.317 e. The zero-order valence-electron chi connectivity index (χ0n) is 11.3. The first-order valence-corrected chi connectivity index (χ1v) is 6.81. The number of anilines is 1. The summed E-state index contributed by atoms with van der Waals surface area (Å²) >= 11 is 0. The molecule has 0 aromatic carbocycles. The van der Waals surface area contributed by atoms with E-state index in [0.717, 1.165) is 30.3 Å². The second-order valence-electron chi connectivity index (χ2n) is 5.24. The van der Waals surface area contributed by atoms with E-state index >= 15 is 0 Å². The van der Waals surface area contributed by atoms with Crippen molar-refractivity contribution < 1.29 is 0 Å². The maximum absolute atomic E-state index is 12.4. The number of rotatable bonds is 2. The van der Waals surface area contributed by atoms with Gasteiger partial charge >= 0.3 is 5.69 Å². The molecule has 3 rings (SSSR count). The highest BCUT2D eigenvalue weighted by Crippen LogP contribution is 2.28. The Balaban J connectivity index is 2.31. The minimum absolute atomic E-state index is 0.0967. The standard InChI is InChI=1S/C12H18N6O2/c1-17-10(19)8-9(15-11(14-8)16-13)18(12(17)20)7-5-3-2-4-6-7/h7H,2-6,13H2,1H3,(H2,14,15,16). The van der Waals surface area contributed by atoms with Gasteiger partial charge in [0.2, 0.25) is 5.95 Å². The molecular weight excluding hydrogens is 260 g/mol. The topological polar surface area (TPSA) is 111 Å². The summed E-state index contributed by atoms with van der Waals surface area (Å²) in [4.78, 5) is 31.6. The van der Waals surface area contributed by atoms with Gasteiger partial charge in [-0.2, -0.15) is 4.98 Å². The number of H-pyrrole nitrogens is 1. The Morgan fingerprint density at radius 3 is 2.65 bits per heavy atom. The van der Waals surface area contributed by atoms with Gasteiger partial charge in [0, 0.05) is 13.1 Å². The Kier molecular flexibility index (Phi) is 3.09. The predicted octanol–water partition coefficient (Wildman–Crippen LogP) is 0.214. The number of nitrogens with zero attached hydrogens (tertiary/aromatic N) is 3. The molecule has 8 heteroatoms. The molecule has 1 saturated carbocycles. The van der Waals surface area contributed by atoms with Crippen LogP contribution in [0.1, 0.15) is 38.1 Å². The number of imidazole rings is 1. The molecule has 0 radical (unpaired) electrons. The van der Waals surface area contributed by atoms with Gasteiger partial charge in [-0.25, -0.2) is 10.6 Å². The van der Waals surface area contributed by atoms with Crippen LogP contribution < -0.4 is 22.5 Å². The maximum atomic E-state index is 12.4. The lowest BCUT2D eigenvalue weighted by Crippen LogP contribution is -2.40. The van der Waals surface area contributed by atoms with Crippen LogP contribution in [0.25, 0.3) is 11.2 Å². The highest BCUT2D eigenvalue weighted by atomic mass is 16.2. The average Bonchev–Trinajstić information content (AvgIpc) is 2.90. The summed E-state index contributed by atoms with van der Waals surface area (Å²) in [6, 6.07) is 0.0967. The second-order valence-corrected chi connectivity index (χ2v) is 5.24. The molecule has 20 heavy (non-hydrogen) atoms. The van der Waals surface area contributed by atoms with Crippen LogP contribution >= 0.6 is 0 Å². The summed E-state index contributed by atoms with van der Waals surface area (Å²) < 4.78 is 2.75. The number of hydrogen-bond donors (Lipinski definition) is 3. The number of nitrogens with two attached hydrogens (primary N) is 1. The van der Waals surface area contributed by atoms with Gasteiger partial charge in [-0.3, -0.25) is 19.4 Å². The van der Waals surface area contributed by atoms with E-state index in [0.29, 0.717) is 11.2 Å². The van der Waals surface area contributed by atoms with Crippen molar-refractivity contribution in [2.75, 3.05) is 5.43 Å². The third-order valence-electron chi connectivity index (χ3n) is 4.00. The molecule has 4 N–H and O–H groups in total. The fourth-order valence-corrected chi connectivity index (χ4v) is 2.93. The van der Waals surface area contributed by atoms with Crippen molar-refractivity contribution in [3.05, 3.63) is 20.8 Å². The third-order valence-corrected chi connectivity index (χ3v) is 4.00. The highest BCUT2D eigenvalue weighted by molar-refractivity contribution is 5.72. The molecule has 0 amide bonds. The summed E-state index contributed by atoms with van der Waals surface area (Å²) in [7, 11) is 1.49. The van der Waals surface area contributed by atoms with Crippen LogP contribution in [0.5, 0.6) is 0 Å². The summed E-state index contributed by atoms with van der Waals surface area (Å²) in [5.41, 5.74) is 2.38. The molecule has 1 aliphatic rings. The van der Waals surface area contributed by atoms with Gasteiger partial charge in [-0.1, -0.05) is 19.3 Å².